The monoisotopic (exact) mass is 283 g/mol. The molecule has 19 heavy (non-hydrogen) atoms. The predicted octanol–water partition coefficient (Wildman–Crippen LogP) is 2.62. The van der Waals surface area contributed by atoms with Crippen LogP contribution in [0.4, 0.5) is 4.39 Å². The van der Waals surface area contributed by atoms with E-state index in [-0.39, 0.29) is 28.8 Å². The van der Waals surface area contributed by atoms with Crippen molar-refractivity contribution in [2.75, 3.05) is 13.2 Å². The maximum atomic E-state index is 13.9. The van der Waals surface area contributed by atoms with Crippen LogP contribution >= 0.6 is 11.6 Å². The molecule has 0 spiro atoms. The number of fused-ring (bicyclic) bond motifs is 4. The molecule has 3 saturated heterocycles. The van der Waals surface area contributed by atoms with Gasteiger partial charge in [0.05, 0.1) is 10.9 Å². The lowest BCUT2D eigenvalue weighted by Gasteiger charge is -2.34. The Hall–Kier alpha value is -1.13. The Labute approximate surface area is 116 Å². The van der Waals surface area contributed by atoms with E-state index in [9.17, 15) is 9.18 Å². The highest BCUT2D eigenvalue weighted by Crippen LogP contribution is 2.29. The number of hydrogen-bond acceptors (Lipinski definition) is 3. The van der Waals surface area contributed by atoms with Crippen LogP contribution in [-0.4, -0.2) is 30.1 Å². The first-order valence-corrected chi connectivity index (χ1v) is 6.86. The van der Waals surface area contributed by atoms with Crippen LogP contribution in [-0.2, 0) is 16.1 Å². The molecule has 5 heteroatoms. The summed E-state index contributed by atoms with van der Waals surface area (Å²) in [5.41, 5.74) is 0.576. The summed E-state index contributed by atoms with van der Waals surface area (Å²) in [5, 5.41) is 0.143. The zero-order valence-electron chi connectivity index (χ0n) is 10.4. The third-order valence-electron chi connectivity index (χ3n) is 3.98. The Kier molecular flexibility index (Phi) is 3.46. The Morgan fingerprint density at radius 1 is 1.42 bits per heavy atom. The van der Waals surface area contributed by atoms with Crippen molar-refractivity contribution in [2.45, 2.75) is 25.4 Å². The van der Waals surface area contributed by atoms with Crippen LogP contribution in [0.25, 0.3) is 0 Å². The van der Waals surface area contributed by atoms with Crippen LogP contribution < -0.4 is 0 Å². The molecule has 0 amide bonds. The van der Waals surface area contributed by atoms with Crippen LogP contribution in [0.15, 0.2) is 18.2 Å². The number of carbonyl (C=O) groups excluding carboxylic acids is 1. The second-order valence-electron chi connectivity index (χ2n) is 5.20. The van der Waals surface area contributed by atoms with E-state index in [1.54, 1.807) is 18.2 Å². The third-order valence-corrected chi connectivity index (χ3v) is 4.27. The van der Waals surface area contributed by atoms with E-state index in [1.807, 2.05) is 0 Å². The molecule has 0 saturated carbocycles. The highest BCUT2D eigenvalue weighted by molar-refractivity contribution is 6.30. The fourth-order valence-electron chi connectivity index (χ4n) is 2.86. The number of ether oxygens (including phenoxy) is 1. The molecule has 3 nitrogen and oxygen atoms in total. The molecule has 0 aliphatic carbocycles. The Balaban J connectivity index is 1.80. The van der Waals surface area contributed by atoms with Gasteiger partial charge in [-0.15, -0.1) is 0 Å². The molecule has 2 bridgehead atoms. The summed E-state index contributed by atoms with van der Waals surface area (Å²) in [6.45, 7) is 1.54. The van der Waals surface area contributed by atoms with Crippen molar-refractivity contribution in [3.8, 4) is 0 Å². The molecule has 3 aliphatic heterocycles. The number of rotatable bonds is 2. The quantitative estimate of drug-likeness (QED) is 0.782. The summed E-state index contributed by atoms with van der Waals surface area (Å²) in [6, 6.07) is 5.23. The van der Waals surface area contributed by atoms with E-state index in [2.05, 4.69) is 4.90 Å². The van der Waals surface area contributed by atoms with Gasteiger partial charge in [0.1, 0.15) is 12.4 Å². The smallest absolute Gasteiger partial charge is 0.310 e. The Morgan fingerprint density at radius 3 is 3.11 bits per heavy atom. The molecule has 0 N–H and O–H groups in total. The standard InChI is InChI=1S/C14H15ClFNO2/c15-12-3-1-2-9(13(12)16)6-17-7-10-4-5-11(17)8-19-14(10)18/h1-3,10-11H,4-8H2. The van der Waals surface area contributed by atoms with Gasteiger partial charge in [-0.05, 0) is 18.9 Å². The van der Waals surface area contributed by atoms with Gasteiger partial charge in [-0.3, -0.25) is 9.69 Å². The van der Waals surface area contributed by atoms with Crippen LogP contribution in [0.1, 0.15) is 18.4 Å². The lowest BCUT2D eigenvalue weighted by atomic mass is 9.94. The minimum atomic E-state index is -0.364. The lowest BCUT2D eigenvalue weighted by molar-refractivity contribution is -0.146. The van der Waals surface area contributed by atoms with Crippen molar-refractivity contribution in [3.05, 3.63) is 34.6 Å². The van der Waals surface area contributed by atoms with Crippen molar-refractivity contribution in [1.29, 1.82) is 0 Å². The van der Waals surface area contributed by atoms with Crippen LogP contribution in [0.2, 0.25) is 5.02 Å². The number of esters is 1. The van der Waals surface area contributed by atoms with Gasteiger partial charge in [-0.2, -0.15) is 0 Å². The van der Waals surface area contributed by atoms with Gasteiger partial charge < -0.3 is 4.74 Å². The lowest BCUT2D eigenvalue weighted by Crippen LogP contribution is -2.43. The first-order chi connectivity index (χ1) is 9.15. The molecule has 3 fully saturated rings. The number of benzene rings is 1. The van der Waals surface area contributed by atoms with E-state index < -0.39 is 0 Å². The van der Waals surface area contributed by atoms with E-state index in [0.29, 0.717) is 25.3 Å². The average Bonchev–Trinajstić information content (AvgIpc) is 2.67. The van der Waals surface area contributed by atoms with E-state index >= 15 is 0 Å². The predicted molar refractivity (Wildman–Crippen MR) is 69.3 cm³/mol. The van der Waals surface area contributed by atoms with Gasteiger partial charge in [0.2, 0.25) is 0 Å². The Morgan fingerprint density at radius 2 is 2.26 bits per heavy atom. The molecule has 0 aromatic heterocycles. The maximum absolute atomic E-state index is 13.9. The average molecular weight is 284 g/mol. The summed E-state index contributed by atoms with van der Waals surface area (Å²) in [7, 11) is 0. The third kappa shape index (κ3) is 2.47. The Bertz CT molecular complexity index is 508. The number of hydrogen-bond donors (Lipinski definition) is 0. The second kappa shape index (κ2) is 5.10. The van der Waals surface area contributed by atoms with Gasteiger partial charge in [-0.1, -0.05) is 23.7 Å². The van der Waals surface area contributed by atoms with Crippen LogP contribution in [0.5, 0.6) is 0 Å². The molecule has 1 aromatic rings. The van der Waals surface area contributed by atoms with Crippen molar-refractivity contribution in [3.63, 3.8) is 0 Å². The fraction of sp³-hybridized carbons (Fsp3) is 0.500. The summed E-state index contributed by atoms with van der Waals surface area (Å²) in [4.78, 5) is 13.8. The van der Waals surface area contributed by atoms with Crippen molar-refractivity contribution < 1.29 is 13.9 Å². The first-order valence-electron chi connectivity index (χ1n) is 6.48. The van der Waals surface area contributed by atoms with Crippen LogP contribution in [0, 0.1) is 11.7 Å². The number of nitrogens with zero attached hydrogens (tertiary/aromatic N) is 1. The minimum Gasteiger partial charge on any atom is -0.464 e. The molecule has 1 aromatic carbocycles. The van der Waals surface area contributed by atoms with Crippen molar-refractivity contribution >= 4 is 17.6 Å². The van der Waals surface area contributed by atoms with Crippen molar-refractivity contribution in [1.82, 2.24) is 4.90 Å². The summed E-state index contributed by atoms with van der Waals surface area (Å²) in [5.74, 6) is -0.547. The van der Waals surface area contributed by atoms with Gasteiger partial charge in [0, 0.05) is 24.7 Å². The van der Waals surface area contributed by atoms with Crippen molar-refractivity contribution in [2.24, 2.45) is 5.92 Å². The maximum Gasteiger partial charge on any atom is 0.310 e. The normalized spacial score (nSPS) is 27.2. The molecule has 2 unspecified atom stereocenters. The topological polar surface area (TPSA) is 29.5 Å². The van der Waals surface area contributed by atoms with Crippen LogP contribution in [0.3, 0.4) is 0 Å². The van der Waals surface area contributed by atoms with E-state index in [4.69, 9.17) is 16.3 Å². The summed E-state index contributed by atoms with van der Waals surface area (Å²) >= 11 is 5.79. The van der Waals surface area contributed by atoms with E-state index in [0.717, 1.165) is 12.8 Å². The molecular weight excluding hydrogens is 269 g/mol. The molecule has 3 aliphatic rings. The number of halogens is 2. The largest absolute Gasteiger partial charge is 0.464 e. The molecular formula is C14H15ClFNO2. The molecule has 0 radical (unpaired) electrons. The zero-order chi connectivity index (χ0) is 13.4. The number of carbonyl (C=O) groups is 1. The fourth-order valence-corrected chi connectivity index (χ4v) is 3.05. The number of piperidine rings is 1. The molecule has 102 valence electrons. The van der Waals surface area contributed by atoms with E-state index in [1.165, 1.54) is 0 Å². The second-order valence-corrected chi connectivity index (χ2v) is 5.61. The highest BCUT2D eigenvalue weighted by Gasteiger charge is 2.37. The highest BCUT2D eigenvalue weighted by atomic mass is 35.5. The minimum absolute atomic E-state index is 0.0685. The van der Waals surface area contributed by atoms with Gasteiger partial charge in [-0.25, -0.2) is 4.39 Å². The summed E-state index contributed by atoms with van der Waals surface area (Å²) in [6.07, 6.45) is 1.80. The molecule has 2 atom stereocenters. The summed E-state index contributed by atoms with van der Waals surface area (Å²) < 4.78 is 19.1. The zero-order valence-corrected chi connectivity index (χ0v) is 11.2. The van der Waals surface area contributed by atoms with Gasteiger partial charge in [0.25, 0.3) is 0 Å². The molecule has 4 rings (SSSR count). The SMILES string of the molecule is O=C1OCC2CCC1CN2Cc1cccc(Cl)c1F. The van der Waals surface area contributed by atoms with Gasteiger partial charge >= 0.3 is 5.97 Å². The van der Waals surface area contributed by atoms with Gasteiger partial charge in [0.15, 0.2) is 0 Å². The first kappa shape index (κ1) is 12.9. The molecule has 3 heterocycles.